The van der Waals surface area contributed by atoms with E-state index in [4.69, 9.17) is 4.74 Å². The molecule has 0 bridgehead atoms. The minimum absolute atomic E-state index is 0. The average molecular weight is 709 g/mol. The fourth-order valence-electron chi connectivity index (χ4n) is 3.85. The molecule has 0 aliphatic carbocycles. The zero-order valence-electron chi connectivity index (χ0n) is 31.1. The molecule has 0 aliphatic heterocycles. The van der Waals surface area contributed by atoms with Gasteiger partial charge in [0.2, 0.25) is 11.7 Å². The minimum Gasteiger partial charge on any atom is -0.854 e. The Morgan fingerprint density at radius 1 is 0.918 bits per heavy atom. The molecule has 0 unspecified atom stereocenters. The molecule has 3 rings (SSSR count). The van der Waals surface area contributed by atoms with Crippen LogP contribution in [0, 0.1) is 43.3 Å². The zero-order valence-corrected chi connectivity index (χ0v) is 34.2. The molecule has 0 aliphatic rings. The predicted molar refractivity (Wildman–Crippen MR) is 187 cm³/mol. The molecule has 0 atom stereocenters. The first kappa shape index (κ1) is 46.1. The Labute approximate surface area is 331 Å². The molecule has 1 heterocycles. The van der Waals surface area contributed by atoms with E-state index >= 15 is 0 Å². The van der Waals surface area contributed by atoms with Crippen LogP contribution in [0.15, 0.2) is 30.3 Å². The SMILES string of the molecule is CC(C)(C)Oc1cc2[nH]c(C(C)(C)C)cc2cc1[N+](=O)[O-].CCCC(=O)Nc1cc(F)c([N+](=O)[O-])cc1C#CC(C)(C)C.CCCC[O-].[K+]. The molecule has 11 nitrogen and oxygen atoms in total. The summed E-state index contributed by atoms with van der Waals surface area (Å²) in [7, 11) is 0. The maximum absolute atomic E-state index is 13.8. The summed E-state index contributed by atoms with van der Waals surface area (Å²) < 4.78 is 19.5. The number of aromatic amines is 1. The molecule has 1 aromatic heterocycles. The van der Waals surface area contributed by atoms with Crippen LogP contribution >= 0.6 is 0 Å². The van der Waals surface area contributed by atoms with Gasteiger partial charge in [0.1, 0.15) is 5.60 Å². The minimum atomic E-state index is -1.00. The number of nitrogens with zero attached hydrogens (tertiary/aromatic N) is 2. The number of benzene rings is 2. The topological polar surface area (TPSA) is 163 Å². The number of unbranched alkanes of at least 4 members (excludes halogenated alkanes) is 1. The molecule has 0 saturated heterocycles. The number of amides is 1. The van der Waals surface area contributed by atoms with Crippen molar-refractivity contribution in [1.82, 2.24) is 4.98 Å². The van der Waals surface area contributed by atoms with Gasteiger partial charge in [0, 0.05) is 58.1 Å². The van der Waals surface area contributed by atoms with Crippen molar-refractivity contribution in [3.63, 3.8) is 0 Å². The number of nitrogens with one attached hydrogen (secondary N) is 2. The molecule has 0 spiro atoms. The molecule has 0 fully saturated rings. The third kappa shape index (κ3) is 16.6. The van der Waals surface area contributed by atoms with E-state index in [1.165, 1.54) is 0 Å². The second-order valence-electron chi connectivity index (χ2n) is 14.3. The molecule has 13 heteroatoms. The number of hydrogen-bond acceptors (Lipinski definition) is 7. The van der Waals surface area contributed by atoms with E-state index in [0.29, 0.717) is 12.2 Å². The number of halogens is 1. The van der Waals surface area contributed by atoms with Crippen molar-refractivity contribution in [2.45, 2.75) is 113 Å². The summed E-state index contributed by atoms with van der Waals surface area (Å²) >= 11 is 0. The molecule has 1 amide bonds. The monoisotopic (exact) mass is 708 g/mol. The summed E-state index contributed by atoms with van der Waals surface area (Å²) in [5, 5.41) is 35.0. The fourth-order valence-corrected chi connectivity index (χ4v) is 3.85. The Bertz CT molecular complexity index is 1640. The van der Waals surface area contributed by atoms with Crippen LogP contribution in [0.5, 0.6) is 5.75 Å². The van der Waals surface area contributed by atoms with Crippen molar-refractivity contribution in [2.24, 2.45) is 5.41 Å². The molecule has 264 valence electrons. The van der Waals surface area contributed by atoms with Crippen molar-refractivity contribution < 1.29 is 80.3 Å². The number of carbonyl (C=O) groups excluding carboxylic acids is 1. The predicted octanol–water partition coefficient (Wildman–Crippen LogP) is 5.57. The van der Waals surface area contributed by atoms with Gasteiger partial charge in [-0.2, -0.15) is 4.39 Å². The van der Waals surface area contributed by atoms with Crippen LogP contribution in [0.1, 0.15) is 113 Å². The van der Waals surface area contributed by atoms with Crippen molar-refractivity contribution in [1.29, 1.82) is 0 Å². The van der Waals surface area contributed by atoms with E-state index in [1.807, 2.05) is 61.5 Å². The van der Waals surface area contributed by atoms with Crippen LogP contribution in [-0.4, -0.2) is 32.9 Å². The van der Waals surface area contributed by atoms with Crippen LogP contribution in [0.3, 0.4) is 0 Å². The first-order valence-electron chi connectivity index (χ1n) is 15.9. The van der Waals surface area contributed by atoms with Crippen LogP contribution in [0.2, 0.25) is 0 Å². The number of nitro groups is 2. The summed E-state index contributed by atoms with van der Waals surface area (Å²) in [6.07, 6.45) is 2.79. The normalized spacial score (nSPS) is 11.0. The van der Waals surface area contributed by atoms with Gasteiger partial charge < -0.3 is 20.1 Å². The van der Waals surface area contributed by atoms with Gasteiger partial charge in [0.15, 0.2) is 5.75 Å². The van der Waals surface area contributed by atoms with Crippen LogP contribution in [0.4, 0.5) is 21.5 Å². The van der Waals surface area contributed by atoms with Crippen molar-refractivity contribution in [3.05, 3.63) is 67.6 Å². The maximum atomic E-state index is 13.8. The van der Waals surface area contributed by atoms with Gasteiger partial charge in [-0.15, -0.1) is 6.61 Å². The Hall–Kier alpha value is -2.86. The first-order valence-corrected chi connectivity index (χ1v) is 15.9. The van der Waals surface area contributed by atoms with Gasteiger partial charge >= 0.3 is 62.8 Å². The number of ether oxygens (including phenoxy) is 1. The Kier molecular flexibility index (Phi) is 18.9. The van der Waals surface area contributed by atoms with Crippen molar-refractivity contribution in [2.75, 3.05) is 11.9 Å². The van der Waals surface area contributed by atoms with Crippen molar-refractivity contribution >= 4 is 33.9 Å². The quantitative estimate of drug-likeness (QED) is 0.134. The van der Waals surface area contributed by atoms with Crippen LogP contribution in [0.25, 0.3) is 10.9 Å². The fraction of sp³-hybridized carbons (Fsp3) is 0.528. The maximum Gasteiger partial charge on any atom is 1.00 e. The molecular formula is C36H50FKN4O7. The smallest absolute Gasteiger partial charge is 0.854 e. The number of aromatic nitrogens is 1. The number of anilines is 1. The molecular weight excluding hydrogens is 659 g/mol. The third-order valence-corrected chi connectivity index (χ3v) is 6.23. The number of rotatable bonds is 8. The van der Waals surface area contributed by atoms with Gasteiger partial charge in [-0.05, 0) is 54.0 Å². The number of nitro benzene ring substituents is 2. The summed E-state index contributed by atoms with van der Waals surface area (Å²) in [6, 6.07) is 7.24. The Balaban J connectivity index is 0.000000812. The van der Waals surface area contributed by atoms with Gasteiger partial charge in [0.25, 0.3) is 0 Å². The molecule has 3 aromatic rings. The molecule has 0 saturated carbocycles. The summed E-state index contributed by atoms with van der Waals surface area (Å²) in [5.41, 5.74) is 0.753. The zero-order chi connectivity index (χ0) is 37.0. The summed E-state index contributed by atoms with van der Waals surface area (Å²) in [5.74, 6) is 4.72. The molecule has 2 N–H and O–H groups in total. The second kappa shape index (κ2) is 20.1. The van der Waals surface area contributed by atoms with Gasteiger partial charge in [-0.3, -0.25) is 25.0 Å². The number of H-pyrrole nitrogens is 1. The number of carbonyl (C=O) groups is 1. The standard InChI is InChI=1S/C16H19FN2O3.C16H22N2O3.C4H9O.K/c1-5-6-15(20)18-13-10-12(17)14(19(21)22)9-11(13)7-8-16(2,3)4;1-15(2,3)14-8-10-7-12(18(19)20)13(9-11(10)17-14)21-16(4,5)6;1-2-3-4-5;/h9-10H,5-6H2,1-4H3,(H,18,20);7-9,17H,1-6H3;2-4H2,1H3;/q;;-1;+1. The van der Waals surface area contributed by atoms with E-state index in [9.17, 15) is 34.5 Å². The average Bonchev–Trinajstić information content (AvgIpc) is 3.36. The van der Waals surface area contributed by atoms with Gasteiger partial charge in [-0.1, -0.05) is 59.3 Å². The van der Waals surface area contributed by atoms with Crippen molar-refractivity contribution in [3.8, 4) is 17.6 Å². The summed E-state index contributed by atoms with van der Waals surface area (Å²) in [6.45, 7) is 21.5. The number of fused-ring (bicyclic) bond motifs is 1. The second-order valence-corrected chi connectivity index (χ2v) is 14.3. The first-order chi connectivity index (χ1) is 22.0. The third-order valence-electron chi connectivity index (χ3n) is 6.23. The van der Waals surface area contributed by atoms with Crippen LogP contribution < -0.4 is 66.5 Å². The molecule has 0 radical (unpaired) electrons. The Morgan fingerprint density at radius 3 is 1.94 bits per heavy atom. The summed E-state index contributed by atoms with van der Waals surface area (Å²) in [4.78, 5) is 35.9. The van der Waals surface area contributed by atoms with E-state index in [-0.39, 0.29) is 98.1 Å². The van der Waals surface area contributed by atoms with Gasteiger partial charge in [-0.25, -0.2) is 0 Å². The van der Waals surface area contributed by atoms with Gasteiger partial charge in [0.05, 0.1) is 21.1 Å². The van der Waals surface area contributed by atoms with E-state index in [1.54, 1.807) is 12.1 Å². The van der Waals surface area contributed by atoms with E-state index in [0.717, 1.165) is 41.6 Å². The van der Waals surface area contributed by atoms with E-state index in [2.05, 4.69) is 42.9 Å². The molecule has 49 heavy (non-hydrogen) atoms. The number of hydrogen-bond donors (Lipinski definition) is 2. The Morgan fingerprint density at radius 2 is 1.51 bits per heavy atom. The van der Waals surface area contributed by atoms with Crippen LogP contribution in [-0.2, 0) is 10.2 Å². The molecule has 2 aromatic carbocycles. The largest absolute Gasteiger partial charge is 1.00 e. The van der Waals surface area contributed by atoms with E-state index < -0.39 is 27.0 Å².